The Morgan fingerprint density at radius 1 is 1.12 bits per heavy atom. The fourth-order valence-corrected chi connectivity index (χ4v) is 4.01. The monoisotopic (exact) mass is 513 g/mol. The van der Waals surface area contributed by atoms with Crippen molar-refractivity contribution < 1.29 is 13.9 Å². The average molecular weight is 514 g/mol. The van der Waals surface area contributed by atoms with Crippen LogP contribution < -0.4 is 15.4 Å². The van der Waals surface area contributed by atoms with Gasteiger partial charge in [-0.05, 0) is 74.1 Å². The van der Waals surface area contributed by atoms with Crippen molar-refractivity contribution in [3.05, 3.63) is 87.7 Å². The molecule has 2 N–H and O–H groups in total. The van der Waals surface area contributed by atoms with Gasteiger partial charge in [0, 0.05) is 22.7 Å². The molecule has 0 saturated carbocycles. The summed E-state index contributed by atoms with van der Waals surface area (Å²) in [5, 5.41) is 6.82. The smallest absolute Gasteiger partial charge is 0.257 e. The number of fused-ring (bicyclic) bond motifs is 1. The van der Waals surface area contributed by atoms with Crippen LogP contribution in [0.4, 0.5) is 5.69 Å². The largest absolute Gasteiger partial charge is 0.491 e. The topological polar surface area (TPSA) is 76.4 Å². The molecule has 0 radical (unpaired) electrons. The maximum atomic E-state index is 12.5. The SMILES string of the molecule is CC(C)Oc1cccc(C(=O)NC(=S)Nc2ccc(Cc3nc4cc(Cl)cc(Cl)c4o3)cc2)c1. The van der Waals surface area contributed by atoms with Crippen molar-refractivity contribution in [3.8, 4) is 5.75 Å². The summed E-state index contributed by atoms with van der Waals surface area (Å²) in [5.41, 5.74) is 3.31. The van der Waals surface area contributed by atoms with Crippen LogP contribution >= 0.6 is 35.4 Å². The van der Waals surface area contributed by atoms with Crippen molar-refractivity contribution >= 4 is 63.2 Å². The first-order valence-electron chi connectivity index (χ1n) is 10.5. The molecule has 1 aromatic heterocycles. The van der Waals surface area contributed by atoms with Crippen molar-refractivity contribution in [2.75, 3.05) is 5.32 Å². The Kier molecular flexibility index (Phi) is 7.36. The first kappa shape index (κ1) is 24.0. The van der Waals surface area contributed by atoms with E-state index < -0.39 is 0 Å². The number of halogens is 2. The fraction of sp³-hybridized carbons (Fsp3) is 0.160. The van der Waals surface area contributed by atoms with E-state index in [-0.39, 0.29) is 17.1 Å². The van der Waals surface area contributed by atoms with E-state index >= 15 is 0 Å². The zero-order chi connectivity index (χ0) is 24.2. The third-order valence-corrected chi connectivity index (χ3v) is 5.42. The number of ether oxygens (including phenoxy) is 1. The number of nitrogens with one attached hydrogen (secondary N) is 2. The Bertz CT molecular complexity index is 1350. The third kappa shape index (κ3) is 6.05. The predicted molar refractivity (Wildman–Crippen MR) is 139 cm³/mol. The van der Waals surface area contributed by atoms with Crippen molar-refractivity contribution in [2.45, 2.75) is 26.4 Å². The zero-order valence-electron chi connectivity index (χ0n) is 18.4. The number of thiocarbonyl (C=S) groups is 1. The van der Waals surface area contributed by atoms with Gasteiger partial charge >= 0.3 is 0 Å². The summed E-state index contributed by atoms with van der Waals surface area (Å²) in [7, 11) is 0. The van der Waals surface area contributed by atoms with E-state index in [4.69, 9.17) is 44.6 Å². The first-order valence-corrected chi connectivity index (χ1v) is 11.7. The normalized spacial score (nSPS) is 11.0. The summed E-state index contributed by atoms with van der Waals surface area (Å²) in [6.07, 6.45) is 0.502. The van der Waals surface area contributed by atoms with Crippen LogP contribution in [0.3, 0.4) is 0 Å². The Balaban J connectivity index is 1.36. The van der Waals surface area contributed by atoms with Gasteiger partial charge in [-0.3, -0.25) is 10.1 Å². The molecular formula is C25H21Cl2N3O3S. The Hall–Kier alpha value is -3.13. The van der Waals surface area contributed by atoms with Crippen LogP contribution in [0.15, 0.2) is 65.1 Å². The minimum atomic E-state index is -0.321. The van der Waals surface area contributed by atoms with Gasteiger partial charge in [-0.2, -0.15) is 0 Å². The van der Waals surface area contributed by atoms with Gasteiger partial charge in [0.15, 0.2) is 16.6 Å². The van der Waals surface area contributed by atoms with Crippen LogP contribution in [-0.4, -0.2) is 22.1 Å². The number of rotatable bonds is 6. The molecule has 0 aliphatic carbocycles. The second kappa shape index (κ2) is 10.4. The van der Waals surface area contributed by atoms with Crippen molar-refractivity contribution in [1.82, 2.24) is 10.3 Å². The molecule has 0 fully saturated rings. The molecule has 34 heavy (non-hydrogen) atoms. The van der Waals surface area contributed by atoms with E-state index in [1.165, 1.54) is 0 Å². The molecule has 0 spiro atoms. The minimum absolute atomic E-state index is 0.0166. The molecule has 0 saturated heterocycles. The van der Waals surface area contributed by atoms with Crippen LogP contribution in [-0.2, 0) is 6.42 Å². The molecule has 0 unspecified atom stereocenters. The second-order valence-electron chi connectivity index (χ2n) is 7.82. The highest BCUT2D eigenvalue weighted by atomic mass is 35.5. The van der Waals surface area contributed by atoms with Gasteiger partial charge < -0.3 is 14.5 Å². The third-order valence-electron chi connectivity index (χ3n) is 4.72. The highest BCUT2D eigenvalue weighted by Gasteiger charge is 2.12. The summed E-state index contributed by atoms with van der Waals surface area (Å²) in [6.45, 7) is 3.85. The van der Waals surface area contributed by atoms with Gasteiger partial charge in [0.25, 0.3) is 5.91 Å². The minimum Gasteiger partial charge on any atom is -0.491 e. The maximum absolute atomic E-state index is 12.5. The number of oxazole rings is 1. The highest BCUT2D eigenvalue weighted by Crippen LogP contribution is 2.29. The number of aromatic nitrogens is 1. The van der Waals surface area contributed by atoms with Crippen molar-refractivity contribution in [1.29, 1.82) is 0 Å². The van der Waals surface area contributed by atoms with Crippen LogP contribution in [0.1, 0.15) is 35.7 Å². The van der Waals surface area contributed by atoms with Crippen LogP contribution in [0, 0.1) is 0 Å². The summed E-state index contributed by atoms with van der Waals surface area (Å²) in [6, 6.07) is 17.8. The lowest BCUT2D eigenvalue weighted by atomic mass is 10.1. The van der Waals surface area contributed by atoms with E-state index in [2.05, 4.69) is 15.6 Å². The number of carbonyl (C=O) groups is 1. The molecule has 0 bridgehead atoms. The molecule has 0 aliphatic heterocycles. The molecule has 1 amide bonds. The van der Waals surface area contributed by atoms with E-state index in [1.54, 1.807) is 36.4 Å². The molecule has 9 heteroatoms. The summed E-state index contributed by atoms with van der Waals surface area (Å²) in [5.74, 6) is 0.839. The zero-order valence-corrected chi connectivity index (χ0v) is 20.7. The molecule has 3 aromatic carbocycles. The molecule has 4 aromatic rings. The Morgan fingerprint density at radius 2 is 1.88 bits per heavy atom. The number of hydrogen-bond acceptors (Lipinski definition) is 5. The van der Waals surface area contributed by atoms with Gasteiger partial charge in [-0.25, -0.2) is 4.98 Å². The van der Waals surface area contributed by atoms with Crippen molar-refractivity contribution in [2.24, 2.45) is 0 Å². The van der Waals surface area contributed by atoms with E-state index in [9.17, 15) is 4.79 Å². The van der Waals surface area contributed by atoms with Gasteiger partial charge in [0.1, 0.15) is 11.3 Å². The van der Waals surface area contributed by atoms with Gasteiger partial charge in [0.05, 0.1) is 11.1 Å². The molecule has 0 atom stereocenters. The molecule has 0 aliphatic rings. The van der Waals surface area contributed by atoms with Crippen LogP contribution in [0.5, 0.6) is 5.75 Å². The lowest BCUT2D eigenvalue weighted by Crippen LogP contribution is -2.34. The van der Waals surface area contributed by atoms with Gasteiger partial charge in [-0.15, -0.1) is 0 Å². The highest BCUT2D eigenvalue weighted by molar-refractivity contribution is 7.80. The predicted octanol–water partition coefficient (Wildman–Crippen LogP) is 6.64. The number of nitrogens with zero attached hydrogens (tertiary/aromatic N) is 1. The van der Waals surface area contributed by atoms with Crippen LogP contribution in [0.2, 0.25) is 10.0 Å². The fourth-order valence-electron chi connectivity index (χ4n) is 3.28. The van der Waals surface area contributed by atoms with Gasteiger partial charge in [-0.1, -0.05) is 41.4 Å². The number of hydrogen-bond donors (Lipinski definition) is 2. The summed E-state index contributed by atoms with van der Waals surface area (Å²) >= 11 is 17.5. The maximum Gasteiger partial charge on any atom is 0.257 e. The molecule has 6 nitrogen and oxygen atoms in total. The number of benzene rings is 3. The Morgan fingerprint density at radius 3 is 2.62 bits per heavy atom. The summed E-state index contributed by atoms with van der Waals surface area (Å²) < 4.78 is 11.4. The molecule has 4 rings (SSSR count). The number of carbonyl (C=O) groups excluding carboxylic acids is 1. The lowest BCUT2D eigenvalue weighted by molar-refractivity contribution is 0.0977. The standard InChI is InChI=1S/C25H21Cl2N3O3S/c1-14(2)32-19-5-3-4-16(11-19)24(31)30-25(34)28-18-8-6-15(7-9-18)10-22-29-21-13-17(26)12-20(27)23(21)33-22/h3-9,11-14H,10H2,1-2H3,(H2,28,30,31,34). The number of amides is 1. The second-order valence-corrected chi connectivity index (χ2v) is 9.07. The van der Waals surface area contributed by atoms with E-state index in [1.807, 2.05) is 38.1 Å². The van der Waals surface area contributed by atoms with Gasteiger partial charge in [0.2, 0.25) is 0 Å². The Labute approximate surface area is 212 Å². The summed E-state index contributed by atoms with van der Waals surface area (Å²) in [4.78, 5) is 17.0. The number of anilines is 1. The quantitative estimate of drug-likeness (QED) is 0.281. The molecule has 1 heterocycles. The van der Waals surface area contributed by atoms with Crippen LogP contribution in [0.25, 0.3) is 11.1 Å². The lowest BCUT2D eigenvalue weighted by Gasteiger charge is -2.12. The van der Waals surface area contributed by atoms with E-state index in [0.29, 0.717) is 44.8 Å². The molecule has 174 valence electrons. The molecular weight excluding hydrogens is 493 g/mol. The van der Waals surface area contributed by atoms with E-state index in [0.717, 1.165) is 11.3 Å². The average Bonchev–Trinajstić information content (AvgIpc) is 3.17. The van der Waals surface area contributed by atoms with Crippen molar-refractivity contribution in [3.63, 3.8) is 0 Å². The first-order chi connectivity index (χ1) is 16.3.